The third-order valence-electron chi connectivity index (χ3n) is 5.86. The third kappa shape index (κ3) is 5.36. The Morgan fingerprint density at radius 3 is 2.77 bits per heavy atom. The van der Waals surface area contributed by atoms with Crippen molar-refractivity contribution in [2.75, 3.05) is 55.5 Å². The van der Waals surface area contributed by atoms with Gasteiger partial charge in [-0.05, 0) is 36.2 Å². The van der Waals surface area contributed by atoms with Crippen LogP contribution in [0.4, 0.5) is 16.6 Å². The lowest BCUT2D eigenvalue weighted by Gasteiger charge is -2.29. The SMILES string of the molecule is COc1ccc(N2CCOCC2)c2sc(NC(=O)c3ccnc(NCCc4ccccc4)c3)nc12. The minimum atomic E-state index is -0.232. The van der Waals surface area contributed by atoms with E-state index in [-0.39, 0.29) is 5.91 Å². The molecule has 35 heavy (non-hydrogen) atoms. The number of thiazole rings is 1. The first kappa shape index (κ1) is 23.1. The van der Waals surface area contributed by atoms with Gasteiger partial charge in [0.05, 0.1) is 30.7 Å². The molecule has 0 saturated carbocycles. The Morgan fingerprint density at radius 2 is 1.97 bits per heavy atom. The summed E-state index contributed by atoms with van der Waals surface area (Å²) in [5, 5.41) is 6.78. The number of nitrogens with zero attached hydrogens (tertiary/aromatic N) is 3. The highest BCUT2D eigenvalue weighted by atomic mass is 32.1. The van der Waals surface area contributed by atoms with E-state index in [0.717, 1.165) is 42.0 Å². The molecule has 8 nitrogen and oxygen atoms in total. The number of rotatable bonds is 8. The van der Waals surface area contributed by atoms with E-state index in [0.29, 0.717) is 35.5 Å². The minimum absolute atomic E-state index is 0.232. The lowest BCUT2D eigenvalue weighted by atomic mass is 10.1. The summed E-state index contributed by atoms with van der Waals surface area (Å²) in [5.74, 6) is 1.11. The summed E-state index contributed by atoms with van der Waals surface area (Å²) >= 11 is 1.45. The predicted molar refractivity (Wildman–Crippen MR) is 140 cm³/mol. The van der Waals surface area contributed by atoms with Crippen molar-refractivity contribution in [2.45, 2.75) is 6.42 Å². The van der Waals surface area contributed by atoms with Crippen LogP contribution in [0, 0.1) is 0 Å². The van der Waals surface area contributed by atoms with Crippen LogP contribution in [-0.2, 0) is 11.2 Å². The lowest BCUT2D eigenvalue weighted by Crippen LogP contribution is -2.36. The second-order valence-corrected chi connectivity index (χ2v) is 9.13. The fraction of sp³-hybridized carbons (Fsp3) is 0.269. The van der Waals surface area contributed by atoms with Gasteiger partial charge in [-0.3, -0.25) is 10.1 Å². The Balaban J connectivity index is 1.30. The maximum Gasteiger partial charge on any atom is 0.257 e. The zero-order valence-electron chi connectivity index (χ0n) is 19.5. The number of anilines is 3. The molecule has 3 heterocycles. The summed E-state index contributed by atoms with van der Waals surface area (Å²) in [6.45, 7) is 3.75. The zero-order chi connectivity index (χ0) is 24.0. The van der Waals surface area contributed by atoms with Crippen molar-refractivity contribution in [1.82, 2.24) is 9.97 Å². The molecular formula is C26H27N5O3S. The topological polar surface area (TPSA) is 88.6 Å². The number of benzene rings is 2. The van der Waals surface area contributed by atoms with Gasteiger partial charge in [0.15, 0.2) is 5.13 Å². The largest absolute Gasteiger partial charge is 0.494 e. The van der Waals surface area contributed by atoms with E-state index in [2.05, 4.69) is 37.6 Å². The number of carbonyl (C=O) groups is 1. The minimum Gasteiger partial charge on any atom is -0.494 e. The van der Waals surface area contributed by atoms with Crippen LogP contribution in [-0.4, -0.2) is 55.8 Å². The van der Waals surface area contributed by atoms with Crippen LogP contribution in [0.5, 0.6) is 5.75 Å². The van der Waals surface area contributed by atoms with E-state index < -0.39 is 0 Å². The Morgan fingerprint density at radius 1 is 1.14 bits per heavy atom. The molecule has 9 heteroatoms. The number of aromatic nitrogens is 2. The molecule has 1 amide bonds. The van der Waals surface area contributed by atoms with Crippen LogP contribution in [0.25, 0.3) is 10.2 Å². The van der Waals surface area contributed by atoms with Crippen molar-refractivity contribution in [3.63, 3.8) is 0 Å². The number of amides is 1. The first-order valence-electron chi connectivity index (χ1n) is 11.6. The summed E-state index contributed by atoms with van der Waals surface area (Å²) in [6.07, 6.45) is 2.51. The van der Waals surface area contributed by atoms with E-state index in [9.17, 15) is 4.79 Å². The summed E-state index contributed by atoms with van der Waals surface area (Å²) in [5.41, 5.74) is 3.59. The van der Waals surface area contributed by atoms with Crippen molar-refractivity contribution in [3.8, 4) is 5.75 Å². The third-order valence-corrected chi connectivity index (χ3v) is 6.86. The zero-order valence-corrected chi connectivity index (χ0v) is 20.3. The summed E-state index contributed by atoms with van der Waals surface area (Å²) in [4.78, 5) is 24.3. The highest BCUT2D eigenvalue weighted by molar-refractivity contribution is 7.23. The van der Waals surface area contributed by atoms with Crippen LogP contribution in [0.3, 0.4) is 0 Å². The fourth-order valence-electron chi connectivity index (χ4n) is 4.06. The van der Waals surface area contributed by atoms with Crippen LogP contribution < -0.4 is 20.3 Å². The Labute approximate surface area is 207 Å². The molecule has 0 radical (unpaired) electrons. The Hall–Kier alpha value is -3.69. The molecule has 0 spiro atoms. The van der Waals surface area contributed by atoms with Crippen molar-refractivity contribution >= 4 is 44.1 Å². The quantitative estimate of drug-likeness (QED) is 0.378. The second kappa shape index (κ2) is 10.7. The molecule has 5 rings (SSSR count). The standard InChI is InChI=1S/C26H27N5O3S/c1-33-21-8-7-20(31-13-15-34-16-14-31)24-23(21)29-26(35-24)30-25(32)19-10-12-28-22(17-19)27-11-9-18-5-3-2-4-6-18/h2-8,10,12,17H,9,11,13-16H2,1H3,(H,27,28)(H,29,30,32). The highest BCUT2D eigenvalue weighted by Crippen LogP contribution is 2.39. The number of hydrogen-bond acceptors (Lipinski definition) is 8. The van der Waals surface area contributed by atoms with Crippen molar-refractivity contribution in [1.29, 1.82) is 0 Å². The molecule has 0 aliphatic carbocycles. The highest BCUT2D eigenvalue weighted by Gasteiger charge is 2.20. The average molecular weight is 490 g/mol. The number of ether oxygens (including phenoxy) is 2. The van der Waals surface area contributed by atoms with Gasteiger partial charge >= 0.3 is 0 Å². The Kier molecular flexibility index (Phi) is 7.06. The van der Waals surface area contributed by atoms with Gasteiger partial charge in [-0.25, -0.2) is 9.97 Å². The maximum absolute atomic E-state index is 13.0. The smallest absolute Gasteiger partial charge is 0.257 e. The van der Waals surface area contributed by atoms with Crippen LogP contribution in [0.1, 0.15) is 15.9 Å². The average Bonchev–Trinajstić information content (AvgIpc) is 3.33. The van der Waals surface area contributed by atoms with Crippen molar-refractivity contribution in [3.05, 3.63) is 71.9 Å². The van der Waals surface area contributed by atoms with Crippen LogP contribution in [0.2, 0.25) is 0 Å². The molecule has 0 unspecified atom stereocenters. The molecule has 1 aliphatic heterocycles. The van der Waals surface area contributed by atoms with E-state index in [1.165, 1.54) is 16.9 Å². The number of carbonyl (C=O) groups excluding carboxylic acids is 1. The van der Waals surface area contributed by atoms with E-state index in [1.807, 2.05) is 30.3 Å². The normalized spacial score (nSPS) is 13.6. The van der Waals surface area contributed by atoms with Crippen LogP contribution >= 0.6 is 11.3 Å². The lowest BCUT2D eigenvalue weighted by molar-refractivity contribution is 0.102. The number of pyridine rings is 1. The van der Waals surface area contributed by atoms with Gasteiger partial charge in [-0.1, -0.05) is 41.7 Å². The molecule has 180 valence electrons. The van der Waals surface area contributed by atoms with Gasteiger partial charge < -0.3 is 19.7 Å². The van der Waals surface area contributed by atoms with E-state index >= 15 is 0 Å². The van der Waals surface area contributed by atoms with Crippen LogP contribution in [0.15, 0.2) is 60.8 Å². The monoisotopic (exact) mass is 489 g/mol. The molecule has 0 atom stereocenters. The summed E-state index contributed by atoms with van der Waals surface area (Å²) < 4.78 is 12.0. The summed E-state index contributed by atoms with van der Waals surface area (Å²) in [6, 6.07) is 17.7. The maximum atomic E-state index is 13.0. The number of methoxy groups -OCH3 is 1. The number of fused-ring (bicyclic) bond motifs is 1. The number of hydrogen-bond donors (Lipinski definition) is 2. The molecule has 2 aromatic heterocycles. The van der Waals surface area contributed by atoms with Crippen molar-refractivity contribution < 1.29 is 14.3 Å². The molecule has 1 saturated heterocycles. The first-order valence-corrected chi connectivity index (χ1v) is 12.4. The number of morpholine rings is 1. The van der Waals surface area contributed by atoms with Gasteiger partial charge in [0.1, 0.15) is 17.1 Å². The number of nitrogens with one attached hydrogen (secondary N) is 2. The van der Waals surface area contributed by atoms with Gasteiger partial charge in [0.2, 0.25) is 0 Å². The van der Waals surface area contributed by atoms with Gasteiger partial charge in [-0.15, -0.1) is 0 Å². The van der Waals surface area contributed by atoms with E-state index in [1.54, 1.807) is 25.4 Å². The molecular weight excluding hydrogens is 462 g/mol. The van der Waals surface area contributed by atoms with Gasteiger partial charge in [0, 0.05) is 31.4 Å². The van der Waals surface area contributed by atoms with Crippen molar-refractivity contribution in [2.24, 2.45) is 0 Å². The summed E-state index contributed by atoms with van der Waals surface area (Å²) in [7, 11) is 1.63. The molecule has 2 N–H and O–H groups in total. The van der Waals surface area contributed by atoms with E-state index in [4.69, 9.17) is 9.47 Å². The second-order valence-electron chi connectivity index (χ2n) is 8.13. The molecule has 2 aromatic carbocycles. The molecule has 1 fully saturated rings. The first-order chi connectivity index (χ1) is 17.2. The van der Waals surface area contributed by atoms with Gasteiger partial charge in [-0.2, -0.15) is 0 Å². The predicted octanol–water partition coefficient (Wildman–Crippen LogP) is 4.44. The molecule has 0 bridgehead atoms. The van der Waals surface area contributed by atoms with Gasteiger partial charge in [0.25, 0.3) is 5.91 Å². The molecule has 4 aromatic rings. The fourth-order valence-corrected chi connectivity index (χ4v) is 5.08. The molecule has 1 aliphatic rings. The Bertz CT molecular complexity index is 1310.